The zero-order valence-electron chi connectivity index (χ0n) is 17.1. The number of fused-ring (bicyclic) bond motifs is 1. The van der Waals surface area contributed by atoms with E-state index in [0.29, 0.717) is 11.2 Å². The Morgan fingerprint density at radius 3 is 2.54 bits per heavy atom. The fourth-order valence-corrected chi connectivity index (χ4v) is 3.85. The Morgan fingerprint density at radius 2 is 1.93 bits per heavy atom. The van der Waals surface area contributed by atoms with E-state index in [2.05, 4.69) is 48.8 Å². The van der Waals surface area contributed by atoms with Gasteiger partial charge in [0, 0.05) is 0 Å². The standard InChI is InChI=1S/C17H29N5O5Si/c1-17(2,3)28(5,6)26-7-9-11(23)12(24)15(27-9)22-8-19-10-13(22)20-16(18)21-14(10)25-4/h8-9,11-12,15,23-24H,7H2,1-6H3,(H2,18,20,21)/t9-,11-,12+,15-/m1/s1. The van der Waals surface area contributed by atoms with Crippen LogP contribution in [-0.4, -0.2) is 70.1 Å². The maximum absolute atomic E-state index is 10.6. The van der Waals surface area contributed by atoms with E-state index in [-0.39, 0.29) is 23.5 Å². The second kappa shape index (κ2) is 7.23. The third-order valence-electron chi connectivity index (χ3n) is 5.63. The zero-order chi connectivity index (χ0) is 20.9. The van der Waals surface area contributed by atoms with E-state index in [0.717, 1.165) is 0 Å². The summed E-state index contributed by atoms with van der Waals surface area (Å²) < 4.78 is 18.8. The number of imidazole rings is 1. The molecule has 0 radical (unpaired) electrons. The number of anilines is 1. The summed E-state index contributed by atoms with van der Waals surface area (Å²) in [6, 6.07) is 0. The van der Waals surface area contributed by atoms with Crippen molar-refractivity contribution in [3.8, 4) is 5.88 Å². The van der Waals surface area contributed by atoms with Gasteiger partial charge in [-0.1, -0.05) is 20.8 Å². The second-order valence-electron chi connectivity index (χ2n) is 8.53. The van der Waals surface area contributed by atoms with Crippen molar-refractivity contribution in [2.24, 2.45) is 0 Å². The van der Waals surface area contributed by atoms with Crippen molar-refractivity contribution in [1.82, 2.24) is 19.5 Å². The number of hydrogen-bond acceptors (Lipinski definition) is 9. The highest BCUT2D eigenvalue weighted by Gasteiger charge is 2.46. The lowest BCUT2D eigenvalue weighted by atomic mass is 10.1. The largest absolute Gasteiger partial charge is 0.479 e. The van der Waals surface area contributed by atoms with Crippen LogP contribution < -0.4 is 10.5 Å². The molecule has 11 heteroatoms. The van der Waals surface area contributed by atoms with Crippen LogP contribution in [-0.2, 0) is 9.16 Å². The molecule has 1 aliphatic heterocycles. The predicted octanol–water partition coefficient (Wildman–Crippen LogP) is 1.06. The Bertz CT molecular complexity index is 852. The fourth-order valence-electron chi connectivity index (χ4n) is 2.84. The van der Waals surface area contributed by atoms with Crippen LogP contribution >= 0.6 is 0 Å². The Kier molecular flexibility index (Phi) is 5.40. The number of hydrogen-bond donors (Lipinski definition) is 3. The molecule has 4 atom stereocenters. The van der Waals surface area contributed by atoms with Crippen LogP contribution in [0.15, 0.2) is 6.33 Å². The third-order valence-corrected chi connectivity index (χ3v) is 10.1. The highest BCUT2D eigenvalue weighted by Crippen LogP contribution is 2.38. The minimum atomic E-state index is -2.02. The first kappa shape index (κ1) is 20.9. The monoisotopic (exact) mass is 411 g/mol. The highest BCUT2D eigenvalue weighted by molar-refractivity contribution is 6.74. The van der Waals surface area contributed by atoms with Gasteiger partial charge in [-0.3, -0.25) is 4.57 Å². The molecule has 0 amide bonds. The number of nitrogen functional groups attached to an aromatic ring is 1. The minimum absolute atomic E-state index is 0.0111. The number of rotatable bonds is 5. The molecule has 0 saturated carbocycles. The Hall–Kier alpha value is -1.79. The lowest BCUT2D eigenvalue weighted by Gasteiger charge is -2.37. The summed E-state index contributed by atoms with van der Waals surface area (Å²) in [5.41, 5.74) is 6.49. The molecule has 0 aromatic carbocycles. The van der Waals surface area contributed by atoms with Gasteiger partial charge in [0.2, 0.25) is 11.8 Å². The quantitative estimate of drug-likeness (QED) is 0.616. The summed E-state index contributed by atoms with van der Waals surface area (Å²) in [4.78, 5) is 12.4. The molecule has 0 aliphatic carbocycles. The molecular formula is C17H29N5O5Si. The van der Waals surface area contributed by atoms with Crippen LogP contribution in [0.2, 0.25) is 18.1 Å². The average molecular weight is 412 g/mol. The first-order valence-electron chi connectivity index (χ1n) is 9.16. The number of aliphatic hydroxyl groups excluding tert-OH is 2. The van der Waals surface area contributed by atoms with Gasteiger partial charge in [-0.25, -0.2) is 4.98 Å². The van der Waals surface area contributed by atoms with Gasteiger partial charge in [0.05, 0.1) is 20.0 Å². The Morgan fingerprint density at radius 1 is 1.25 bits per heavy atom. The molecule has 28 heavy (non-hydrogen) atoms. The van der Waals surface area contributed by atoms with Crippen molar-refractivity contribution in [2.45, 2.75) is 63.4 Å². The van der Waals surface area contributed by atoms with Gasteiger partial charge in [-0.15, -0.1) is 0 Å². The number of aromatic nitrogens is 4. The van der Waals surface area contributed by atoms with Gasteiger partial charge in [0.25, 0.3) is 0 Å². The maximum atomic E-state index is 10.6. The molecule has 1 saturated heterocycles. The summed E-state index contributed by atoms with van der Waals surface area (Å²) >= 11 is 0. The molecule has 10 nitrogen and oxygen atoms in total. The fraction of sp³-hybridized carbons (Fsp3) is 0.706. The molecule has 2 aromatic rings. The smallest absolute Gasteiger partial charge is 0.246 e. The molecule has 4 N–H and O–H groups in total. The Labute approximate surface area is 164 Å². The molecule has 0 spiro atoms. The molecule has 156 valence electrons. The van der Waals surface area contributed by atoms with Gasteiger partial charge in [0.15, 0.2) is 25.7 Å². The van der Waals surface area contributed by atoms with E-state index in [4.69, 9.17) is 19.6 Å². The number of nitrogens with zero attached hydrogens (tertiary/aromatic N) is 4. The average Bonchev–Trinajstić information content (AvgIpc) is 3.13. The molecule has 3 rings (SSSR count). The van der Waals surface area contributed by atoms with E-state index in [1.807, 2.05) is 0 Å². The number of methoxy groups -OCH3 is 1. The van der Waals surface area contributed by atoms with Crippen LogP contribution in [0, 0.1) is 0 Å². The summed E-state index contributed by atoms with van der Waals surface area (Å²) in [6.07, 6.45) is -2.38. The first-order valence-corrected chi connectivity index (χ1v) is 12.1. The molecule has 0 unspecified atom stereocenters. The van der Waals surface area contributed by atoms with Crippen LogP contribution in [0.1, 0.15) is 27.0 Å². The van der Waals surface area contributed by atoms with Gasteiger partial charge in [-0.2, -0.15) is 9.97 Å². The number of nitrogens with two attached hydrogens (primary N) is 1. The van der Waals surface area contributed by atoms with Crippen molar-refractivity contribution < 1.29 is 24.1 Å². The van der Waals surface area contributed by atoms with Gasteiger partial charge >= 0.3 is 0 Å². The molecular weight excluding hydrogens is 382 g/mol. The highest BCUT2D eigenvalue weighted by atomic mass is 28.4. The SMILES string of the molecule is COc1nc(N)nc2c1ncn2[C@@H]1O[C@H](CO[Si](C)(C)C(C)(C)C)[C@@H](O)[C@@H]1O. The zero-order valence-corrected chi connectivity index (χ0v) is 18.1. The van der Waals surface area contributed by atoms with Crippen LogP contribution in [0.5, 0.6) is 5.88 Å². The molecule has 0 bridgehead atoms. The van der Waals surface area contributed by atoms with Gasteiger partial charge in [-0.05, 0) is 18.1 Å². The first-order chi connectivity index (χ1) is 13.0. The van der Waals surface area contributed by atoms with Gasteiger partial charge < -0.3 is 29.8 Å². The van der Waals surface area contributed by atoms with E-state index in [1.54, 1.807) is 0 Å². The summed E-state index contributed by atoms with van der Waals surface area (Å²) in [7, 11) is -0.564. The topological polar surface area (TPSA) is 138 Å². The number of ether oxygens (including phenoxy) is 2. The molecule has 1 fully saturated rings. The second-order valence-corrected chi connectivity index (χ2v) is 13.3. The summed E-state index contributed by atoms with van der Waals surface area (Å²) in [5, 5.41) is 21.1. The third kappa shape index (κ3) is 3.60. The number of aliphatic hydroxyl groups is 2. The van der Waals surface area contributed by atoms with Crippen molar-refractivity contribution >= 4 is 25.4 Å². The van der Waals surface area contributed by atoms with Crippen LogP contribution in [0.3, 0.4) is 0 Å². The van der Waals surface area contributed by atoms with E-state index >= 15 is 0 Å². The minimum Gasteiger partial charge on any atom is -0.479 e. The van der Waals surface area contributed by atoms with Crippen LogP contribution in [0.4, 0.5) is 5.95 Å². The van der Waals surface area contributed by atoms with Gasteiger partial charge in [0.1, 0.15) is 18.3 Å². The lowest BCUT2D eigenvalue weighted by molar-refractivity contribution is -0.0491. The lowest BCUT2D eigenvalue weighted by Crippen LogP contribution is -2.44. The van der Waals surface area contributed by atoms with Crippen molar-refractivity contribution in [3.05, 3.63) is 6.33 Å². The van der Waals surface area contributed by atoms with Crippen molar-refractivity contribution in [1.29, 1.82) is 0 Å². The summed E-state index contributed by atoms with van der Waals surface area (Å²) in [5.74, 6) is 0.240. The van der Waals surface area contributed by atoms with Crippen molar-refractivity contribution in [3.63, 3.8) is 0 Å². The van der Waals surface area contributed by atoms with E-state index in [9.17, 15) is 10.2 Å². The Balaban J connectivity index is 1.83. The molecule has 2 aromatic heterocycles. The van der Waals surface area contributed by atoms with Crippen molar-refractivity contribution in [2.75, 3.05) is 19.5 Å². The summed E-state index contributed by atoms with van der Waals surface area (Å²) in [6.45, 7) is 10.8. The van der Waals surface area contributed by atoms with Crippen LogP contribution in [0.25, 0.3) is 11.2 Å². The molecule has 1 aliphatic rings. The predicted molar refractivity (Wildman–Crippen MR) is 105 cm³/mol. The molecule has 3 heterocycles. The maximum Gasteiger partial charge on any atom is 0.246 e. The van der Waals surface area contributed by atoms with E-state index in [1.165, 1.54) is 18.0 Å². The van der Waals surface area contributed by atoms with E-state index < -0.39 is 32.9 Å². The normalized spacial score (nSPS) is 26.1.